The van der Waals surface area contributed by atoms with Gasteiger partial charge in [0.05, 0.1) is 5.69 Å². The van der Waals surface area contributed by atoms with Crippen molar-refractivity contribution in [3.63, 3.8) is 0 Å². The van der Waals surface area contributed by atoms with Crippen molar-refractivity contribution in [1.82, 2.24) is 14.8 Å². The van der Waals surface area contributed by atoms with Crippen LogP contribution in [0.4, 0.5) is 0 Å². The number of aromatic carboxylic acids is 1. The Hall–Kier alpha value is -2.17. The van der Waals surface area contributed by atoms with Gasteiger partial charge in [0.25, 0.3) is 5.82 Å². The van der Waals surface area contributed by atoms with Crippen LogP contribution in [0.3, 0.4) is 0 Å². The van der Waals surface area contributed by atoms with Crippen LogP contribution in [-0.4, -0.2) is 25.8 Å². The number of benzene rings is 1. The highest BCUT2D eigenvalue weighted by Gasteiger charge is 2.22. The Bertz CT molecular complexity index is 639. The molecule has 5 nitrogen and oxygen atoms in total. The second-order valence-corrected chi connectivity index (χ2v) is 5.69. The molecule has 0 radical (unpaired) electrons. The monoisotopic (exact) mass is 273 g/mol. The molecule has 0 spiro atoms. The van der Waals surface area contributed by atoms with Crippen molar-refractivity contribution in [2.75, 3.05) is 0 Å². The van der Waals surface area contributed by atoms with Gasteiger partial charge < -0.3 is 5.11 Å². The van der Waals surface area contributed by atoms with Gasteiger partial charge in [-0.25, -0.2) is 14.5 Å². The van der Waals surface area contributed by atoms with Gasteiger partial charge in [-0.2, -0.15) is 0 Å². The molecular weight excluding hydrogens is 254 g/mol. The largest absolute Gasteiger partial charge is 0.475 e. The summed E-state index contributed by atoms with van der Waals surface area (Å²) < 4.78 is 1.64. The Morgan fingerprint density at radius 2 is 1.95 bits per heavy atom. The highest BCUT2D eigenvalue weighted by Crippen LogP contribution is 2.28. The van der Waals surface area contributed by atoms with Gasteiger partial charge in [-0.1, -0.05) is 45.9 Å². The number of para-hydroxylation sites is 1. The number of carboxylic acids is 1. The third-order valence-corrected chi connectivity index (χ3v) is 3.12. The fourth-order valence-corrected chi connectivity index (χ4v) is 2.15. The molecular formula is C15H19N3O2. The Morgan fingerprint density at radius 3 is 2.50 bits per heavy atom. The molecule has 5 heteroatoms. The highest BCUT2D eigenvalue weighted by atomic mass is 16.4. The smallest absolute Gasteiger partial charge is 0.375 e. The number of rotatable bonds is 3. The molecule has 1 N–H and O–H groups in total. The van der Waals surface area contributed by atoms with Crippen molar-refractivity contribution in [3.05, 3.63) is 41.5 Å². The lowest BCUT2D eigenvalue weighted by Crippen LogP contribution is -2.16. The molecule has 0 saturated carbocycles. The normalized spacial score (nSPS) is 11.6. The number of hydrogen-bond donors (Lipinski definition) is 1. The van der Waals surface area contributed by atoms with Crippen LogP contribution in [0.25, 0.3) is 5.69 Å². The molecule has 2 rings (SSSR count). The molecule has 0 amide bonds. The summed E-state index contributed by atoms with van der Waals surface area (Å²) in [7, 11) is 0. The summed E-state index contributed by atoms with van der Waals surface area (Å²) in [4.78, 5) is 15.1. The Labute approximate surface area is 118 Å². The number of aromatic nitrogens is 3. The number of carbonyl (C=O) groups is 1. The molecule has 1 aromatic carbocycles. The summed E-state index contributed by atoms with van der Waals surface area (Å²) in [5.74, 6) is -0.614. The first-order chi connectivity index (χ1) is 9.34. The molecule has 0 atom stereocenters. The lowest BCUT2D eigenvalue weighted by Gasteiger charge is -2.23. The lowest BCUT2D eigenvalue weighted by atomic mass is 9.86. The van der Waals surface area contributed by atoms with Crippen LogP contribution >= 0.6 is 0 Å². The lowest BCUT2D eigenvalue weighted by molar-refractivity contribution is 0.0683. The fraction of sp³-hybridized carbons (Fsp3) is 0.400. The first-order valence-corrected chi connectivity index (χ1v) is 6.63. The van der Waals surface area contributed by atoms with Crippen LogP contribution in [0, 0.1) is 0 Å². The quantitative estimate of drug-likeness (QED) is 0.933. The maximum absolute atomic E-state index is 11.1. The molecule has 0 aliphatic heterocycles. The third kappa shape index (κ3) is 2.57. The molecule has 0 aliphatic rings. The summed E-state index contributed by atoms with van der Waals surface area (Å²) >= 11 is 0. The average Bonchev–Trinajstić information content (AvgIpc) is 2.82. The first-order valence-electron chi connectivity index (χ1n) is 6.63. The molecule has 0 aliphatic carbocycles. The van der Waals surface area contributed by atoms with Crippen LogP contribution in [0.2, 0.25) is 0 Å². The summed E-state index contributed by atoms with van der Waals surface area (Å²) in [5.41, 5.74) is 1.94. The second kappa shape index (κ2) is 5.07. The van der Waals surface area contributed by atoms with E-state index in [1.165, 1.54) is 0 Å². The van der Waals surface area contributed by atoms with Crippen molar-refractivity contribution in [2.24, 2.45) is 0 Å². The minimum atomic E-state index is -1.10. The van der Waals surface area contributed by atoms with E-state index < -0.39 is 5.97 Å². The van der Waals surface area contributed by atoms with Gasteiger partial charge in [-0.15, -0.1) is 5.10 Å². The summed E-state index contributed by atoms with van der Waals surface area (Å²) in [6.07, 6.45) is 0.624. The number of nitrogens with zero attached hydrogens (tertiary/aromatic N) is 3. The number of hydrogen-bond acceptors (Lipinski definition) is 3. The predicted molar refractivity (Wildman–Crippen MR) is 76.4 cm³/mol. The minimum Gasteiger partial charge on any atom is -0.475 e. The molecule has 0 bridgehead atoms. The SMILES string of the molecule is CCc1nc(C(=O)O)nn1-c1ccccc1C(C)(C)C. The van der Waals surface area contributed by atoms with E-state index in [0.717, 1.165) is 11.3 Å². The van der Waals surface area contributed by atoms with E-state index in [0.29, 0.717) is 12.2 Å². The first kappa shape index (κ1) is 14.2. The van der Waals surface area contributed by atoms with E-state index in [1.807, 2.05) is 31.2 Å². The van der Waals surface area contributed by atoms with Crippen molar-refractivity contribution >= 4 is 5.97 Å². The molecule has 0 unspecified atom stereocenters. The topological polar surface area (TPSA) is 68.0 Å². The zero-order valence-corrected chi connectivity index (χ0v) is 12.2. The summed E-state index contributed by atoms with van der Waals surface area (Å²) in [5, 5.41) is 13.2. The Morgan fingerprint density at radius 1 is 1.30 bits per heavy atom. The van der Waals surface area contributed by atoms with E-state index in [4.69, 9.17) is 5.11 Å². The van der Waals surface area contributed by atoms with Crippen LogP contribution in [0.15, 0.2) is 24.3 Å². The second-order valence-electron chi connectivity index (χ2n) is 5.69. The van der Waals surface area contributed by atoms with Crippen molar-refractivity contribution < 1.29 is 9.90 Å². The van der Waals surface area contributed by atoms with Gasteiger partial charge in [0, 0.05) is 6.42 Å². The molecule has 1 heterocycles. The maximum Gasteiger partial charge on any atom is 0.375 e. The van der Waals surface area contributed by atoms with Gasteiger partial charge in [0.15, 0.2) is 0 Å². The molecule has 20 heavy (non-hydrogen) atoms. The maximum atomic E-state index is 11.1. The van der Waals surface area contributed by atoms with E-state index in [9.17, 15) is 4.79 Å². The number of carboxylic acid groups (broad SMARTS) is 1. The van der Waals surface area contributed by atoms with Crippen LogP contribution in [-0.2, 0) is 11.8 Å². The number of aryl methyl sites for hydroxylation is 1. The Balaban J connectivity index is 2.66. The summed E-state index contributed by atoms with van der Waals surface area (Å²) in [6.45, 7) is 8.29. The van der Waals surface area contributed by atoms with E-state index in [-0.39, 0.29) is 11.2 Å². The fourth-order valence-electron chi connectivity index (χ4n) is 2.15. The molecule has 106 valence electrons. The van der Waals surface area contributed by atoms with Crippen LogP contribution in [0.1, 0.15) is 49.7 Å². The van der Waals surface area contributed by atoms with Gasteiger partial charge in [-0.05, 0) is 17.0 Å². The van der Waals surface area contributed by atoms with E-state index in [1.54, 1.807) is 4.68 Å². The van der Waals surface area contributed by atoms with Crippen molar-refractivity contribution in [2.45, 2.75) is 39.5 Å². The zero-order valence-electron chi connectivity index (χ0n) is 12.2. The Kier molecular flexibility index (Phi) is 3.61. The van der Waals surface area contributed by atoms with Crippen molar-refractivity contribution in [1.29, 1.82) is 0 Å². The summed E-state index contributed by atoms with van der Waals surface area (Å²) in [6, 6.07) is 7.88. The predicted octanol–water partition coefficient (Wildman–Crippen LogP) is 2.83. The highest BCUT2D eigenvalue weighted by molar-refractivity contribution is 5.83. The van der Waals surface area contributed by atoms with Gasteiger partial charge >= 0.3 is 5.97 Å². The van der Waals surface area contributed by atoms with Crippen molar-refractivity contribution in [3.8, 4) is 5.69 Å². The molecule has 1 aromatic heterocycles. The standard InChI is InChI=1S/C15H19N3O2/c1-5-12-16-13(14(19)20)17-18(12)11-9-7-6-8-10(11)15(2,3)4/h6-9H,5H2,1-4H3,(H,19,20). The molecule has 2 aromatic rings. The molecule has 0 fully saturated rings. The van der Waals surface area contributed by atoms with E-state index in [2.05, 4.69) is 30.9 Å². The van der Waals surface area contributed by atoms with Gasteiger partial charge in [0.1, 0.15) is 5.82 Å². The van der Waals surface area contributed by atoms with E-state index >= 15 is 0 Å². The van der Waals surface area contributed by atoms with Gasteiger partial charge in [-0.3, -0.25) is 0 Å². The minimum absolute atomic E-state index is 0.0586. The third-order valence-electron chi connectivity index (χ3n) is 3.12. The average molecular weight is 273 g/mol. The zero-order chi connectivity index (χ0) is 14.9. The van der Waals surface area contributed by atoms with Gasteiger partial charge in [0.2, 0.25) is 0 Å². The molecule has 0 saturated heterocycles. The van der Waals surface area contributed by atoms with Crippen LogP contribution in [0.5, 0.6) is 0 Å². The van der Waals surface area contributed by atoms with Crippen LogP contribution < -0.4 is 0 Å².